The van der Waals surface area contributed by atoms with Crippen LogP contribution in [0, 0.1) is 5.82 Å². The predicted octanol–water partition coefficient (Wildman–Crippen LogP) is 0.710. The van der Waals surface area contributed by atoms with Crippen LogP contribution in [0.4, 0.5) is 4.39 Å². The lowest BCUT2D eigenvalue weighted by atomic mass is 10.3. The van der Waals surface area contributed by atoms with Crippen LogP contribution in [0.2, 0.25) is 0 Å². The van der Waals surface area contributed by atoms with Crippen molar-refractivity contribution in [2.24, 2.45) is 5.73 Å². The van der Waals surface area contributed by atoms with Gasteiger partial charge >= 0.3 is 0 Å². The van der Waals surface area contributed by atoms with E-state index in [1.165, 1.54) is 12.1 Å². The number of hydrogen-bond acceptors (Lipinski definition) is 3. The molecule has 0 unspecified atom stereocenters. The Labute approximate surface area is 105 Å². The fourth-order valence-corrected chi connectivity index (χ4v) is 3.15. The maximum absolute atomic E-state index is 13.5. The topological polar surface area (TPSA) is 80.5 Å². The van der Waals surface area contributed by atoms with Crippen molar-refractivity contribution in [3.05, 3.63) is 30.1 Å². The summed E-state index contributed by atoms with van der Waals surface area (Å²) in [7, 11) is -4.07. The molecule has 0 aliphatic carbocycles. The molecule has 0 aliphatic heterocycles. The molecule has 0 atom stereocenters. The van der Waals surface area contributed by atoms with Gasteiger partial charge in [0.1, 0.15) is 10.7 Å². The molecule has 5 nitrogen and oxygen atoms in total. The summed E-state index contributed by atoms with van der Waals surface area (Å²) in [6.07, 6.45) is 0. The molecule has 1 aromatic rings. The number of carbonyl (C=O) groups is 1. The quantitative estimate of drug-likeness (QED) is 0.858. The van der Waals surface area contributed by atoms with Gasteiger partial charge in [0.15, 0.2) is 0 Å². The summed E-state index contributed by atoms with van der Waals surface area (Å²) < 4.78 is 38.8. The second kappa shape index (κ2) is 5.45. The number of hydrogen-bond donors (Lipinski definition) is 1. The SMILES string of the molecule is CC(C)N(CC(N)=O)S(=O)(=O)c1ccccc1F. The van der Waals surface area contributed by atoms with E-state index in [1.54, 1.807) is 13.8 Å². The van der Waals surface area contributed by atoms with E-state index in [4.69, 9.17) is 5.73 Å². The van der Waals surface area contributed by atoms with E-state index in [-0.39, 0.29) is 0 Å². The molecule has 0 spiro atoms. The molecule has 0 radical (unpaired) electrons. The van der Waals surface area contributed by atoms with Gasteiger partial charge in [-0.3, -0.25) is 4.79 Å². The lowest BCUT2D eigenvalue weighted by Crippen LogP contribution is -2.42. The summed E-state index contributed by atoms with van der Waals surface area (Å²) in [4.78, 5) is 10.4. The first-order chi connectivity index (χ1) is 8.26. The Kier molecular flexibility index (Phi) is 4.42. The zero-order valence-electron chi connectivity index (χ0n) is 10.1. The van der Waals surface area contributed by atoms with Crippen LogP contribution < -0.4 is 5.73 Å². The highest BCUT2D eigenvalue weighted by Crippen LogP contribution is 2.20. The molecular weight excluding hydrogens is 259 g/mol. The molecule has 0 saturated heterocycles. The molecule has 100 valence electrons. The van der Waals surface area contributed by atoms with E-state index >= 15 is 0 Å². The monoisotopic (exact) mass is 274 g/mol. The normalized spacial score (nSPS) is 12.1. The highest BCUT2D eigenvalue weighted by molar-refractivity contribution is 7.89. The molecule has 18 heavy (non-hydrogen) atoms. The fourth-order valence-electron chi connectivity index (χ4n) is 1.48. The summed E-state index contributed by atoms with van der Waals surface area (Å²) in [5.41, 5.74) is 5.01. The molecule has 0 aliphatic rings. The Bertz CT molecular complexity index is 543. The van der Waals surface area contributed by atoms with Crippen molar-refractivity contribution in [2.45, 2.75) is 24.8 Å². The molecular formula is C11H15FN2O3S. The summed E-state index contributed by atoms with van der Waals surface area (Å²) >= 11 is 0. The molecule has 2 N–H and O–H groups in total. The minimum atomic E-state index is -4.07. The third-order valence-corrected chi connectivity index (χ3v) is 4.37. The minimum absolute atomic E-state index is 0.458. The van der Waals surface area contributed by atoms with Gasteiger partial charge in [0.2, 0.25) is 15.9 Å². The van der Waals surface area contributed by atoms with Crippen LogP contribution in [0.1, 0.15) is 13.8 Å². The van der Waals surface area contributed by atoms with Gasteiger partial charge in [-0.25, -0.2) is 12.8 Å². The van der Waals surface area contributed by atoms with Gasteiger partial charge in [-0.2, -0.15) is 4.31 Å². The molecule has 1 amide bonds. The Morgan fingerprint density at radius 3 is 2.39 bits per heavy atom. The lowest BCUT2D eigenvalue weighted by Gasteiger charge is -2.24. The molecule has 0 aromatic heterocycles. The van der Waals surface area contributed by atoms with Crippen LogP contribution in [0.3, 0.4) is 0 Å². The van der Waals surface area contributed by atoms with Crippen LogP contribution in [0.25, 0.3) is 0 Å². The summed E-state index contributed by atoms with van der Waals surface area (Å²) in [5, 5.41) is 0. The number of halogens is 1. The molecule has 0 heterocycles. The van der Waals surface area contributed by atoms with Gasteiger partial charge in [-0.05, 0) is 26.0 Å². The molecule has 1 rings (SSSR count). The number of rotatable bonds is 5. The largest absolute Gasteiger partial charge is 0.369 e. The maximum atomic E-state index is 13.5. The van der Waals surface area contributed by atoms with E-state index in [2.05, 4.69) is 0 Å². The third-order valence-electron chi connectivity index (χ3n) is 2.31. The average molecular weight is 274 g/mol. The molecule has 1 aromatic carbocycles. The van der Waals surface area contributed by atoms with Gasteiger partial charge < -0.3 is 5.73 Å². The molecule has 7 heteroatoms. The van der Waals surface area contributed by atoms with Gasteiger partial charge in [0, 0.05) is 6.04 Å². The smallest absolute Gasteiger partial charge is 0.246 e. The average Bonchev–Trinajstić information content (AvgIpc) is 2.25. The van der Waals surface area contributed by atoms with Crippen molar-refractivity contribution in [3.8, 4) is 0 Å². The van der Waals surface area contributed by atoms with Crippen molar-refractivity contribution in [3.63, 3.8) is 0 Å². The van der Waals surface area contributed by atoms with Crippen molar-refractivity contribution in [1.82, 2.24) is 4.31 Å². The number of benzene rings is 1. The Balaban J connectivity index is 3.26. The van der Waals surface area contributed by atoms with Gasteiger partial charge in [-0.1, -0.05) is 12.1 Å². The van der Waals surface area contributed by atoms with E-state index in [0.717, 1.165) is 16.4 Å². The first-order valence-electron chi connectivity index (χ1n) is 5.31. The highest BCUT2D eigenvalue weighted by Gasteiger charge is 2.30. The van der Waals surface area contributed by atoms with Gasteiger partial charge in [0.05, 0.1) is 6.54 Å². The molecule has 0 fully saturated rings. The zero-order chi connectivity index (χ0) is 13.9. The van der Waals surface area contributed by atoms with Gasteiger partial charge in [-0.15, -0.1) is 0 Å². The zero-order valence-corrected chi connectivity index (χ0v) is 10.9. The lowest BCUT2D eigenvalue weighted by molar-refractivity contribution is -0.118. The van der Waals surface area contributed by atoms with E-state index in [0.29, 0.717) is 0 Å². The first kappa shape index (κ1) is 14.6. The van der Waals surface area contributed by atoms with Crippen LogP contribution in [-0.4, -0.2) is 31.2 Å². The van der Waals surface area contributed by atoms with Crippen molar-refractivity contribution in [1.29, 1.82) is 0 Å². The van der Waals surface area contributed by atoms with Crippen molar-refractivity contribution >= 4 is 15.9 Å². The number of nitrogens with two attached hydrogens (primary N) is 1. The Hall–Kier alpha value is -1.47. The van der Waals surface area contributed by atoms with Crippen molar-refractivity contribution < 1.29 is 17.6 Å². The third kappa shape index (κ3) is 3.05. The Morgan fingerprint density at radius 1 is 1.39 bits per heavy atom. The fraction of sp³-hybridized carbons (Fsp3) is 0.364. The maximum Gasteiger partial charge on any atom is 0.246 e. The minimum Gasteiger partial charge on any atom is -0.369 e. The van der Waals surface area contributed by atoms with Crippen LogP contribution in [-0.2, 0) is 14.8 Å². The first-order valence-corrected chi connectivity index (χ1v) is 6.75. The van der Waals surface area contributed by atoms with Crippen LogP contribution in [0.5, 0.6) is 0 Å². The summed E-state index contributed by atoms with van der Waals surface area (Å²) in [6.45, 7) is 2.69. The number of sulfonamides is 1. The van der Waals surface area contributed by atoms with E-state index in [1.807, 2.05) is 0 Å². The summed E-state index contributed by atoms with van der Waals surface area (Å²) in [5.74, 6) is -1.64. The second-order valence-electron chi connectivity index (χ2n) is 4.04. The standard InChI is InChI=1S/C11H15FN2O3S/c1-8(2)14(7-11(13)15)18(16,17)10-6-4-3-5-9(10)12/h3-6,8H,7H2,1-2H3,(H2,13,15). The van der Waals surface area contributed by atoms with Crippen LogP contribution in [0.15, 0.2) is 29.2 Å². The predicted molar refractivity (Wildman–Crippen MR) is 64.6 cm³/mol. The van der Waals surface area contributed by atoms with E-state index < -0.39 is 39.2 Å². The second-order valence-corrected chi connectivity index (χ2v) is 5.90. The Morgan fingerprint density at radius 2 is 1.94 bits per heavy atom. The molecule has 0 bridgehead atoms. The number of amides is 1. The van der Waals surface area contributed by atoms with Gasteiger partial charge in [0.25, 0.3) is 0 Å². The molecule has 0 saturated carbocycles. The summed E-state index contributed by atoms with van der Waals surface area (Å²) in [6, 6.07) is 4.51. The highest BCUT2D eigenvalue weighted by atomic mass is 32.2. The number of carbonyl (C=O) groups excluding carboxylic acids is 1. The number of primary amides is 1. The van der Waals surface area contributed by atoms with Crippen molar-refractivity contribution in [2.75, 3.05) is 6.54 Å². The van der Waals surface area contributed by atoms with Crippen LogP contribution >= 0.6 is 0 Å². The van der Waals surface area contributed by atoms with E-state index in [9.17, 15) is 17.6 Å². The number of nitrogens with zero attached hydrogens (tertiary/aromatic N) is 1.